The summed E-state index contributed by atoms with van der Waals surface area (Å²) in [5.74, 6) is 2.07. The molecule has 146 valence electrons. The summed E-state index contributed by atoms with van der Waals surface area (Å²) in [6.07, 6.45) is 3.35. The van der Waals surface area contributed by atoms with Crippen molar-refractivity contribution in [3.63, 3.8) is 0 Å². The lowest BCUT2D eigenvalue weighted by Gasteiger charge is -2.18. The number of aromatic amines is 1. The summed E-state index contributed by atoms with van der Waals surface area (Å²) in [6.45, 7) is 7.12. The van der Waals surface area contributed by atoms with Gasteiger partial charge < -0.3 is 20.5 Å². The fraction of sp³-hybridized carbons (Fsp3) is 0.550. The number of nitrogens with one attached hydrogen (secondary N) is 3. The second kappa shape index (κ2) is 9.39. The number of aryl methyl sites for hydroxylation is 1. The van der Waals surface area contributed by atoms with Crippen molar-refractivity contribution in [2.45, 2.75) is 45.6 Å². The molecule has 0 bridgehead atoms. The van der Waals surface area contributed by atoms with Gasteiger partial charge in [0.25, 0.3) is 0 Å². The third kappa shape index (κ3) is 5.21. The molecule has 1 aliphatic rings. The topological polar surface area (TPSA) is 85.4 Å². The number of hydrogen-bond donors (Lipinski definition) is 3. The second-order valence-electron chi connectivity index (χ2n) is 6.89. The highest BCUT2D eigenvalue weighted by molar-refractivity contribution is 5.80. The van der Waals surface area contributed by atoms with E-state index in [0.29, 0.717) is 6.42 Å². The Hall–Kier alpha value is -2.57. The molecular weight excluding hydrogens is 340 g/mol. The van der Waals surface area contributed by atoms with Gasteiger partial charge in [0.05, 0.1) is 11.0 Å². The molecule has 0 aliphatic carbocycles. The molecule has 3 rings (SSSR count). The lowest BCUT2D eigenvalue weighted by Crippen LogP contribution is -2.45. The number of rotatable bonds is 7. The molecule has 1 unspecified atom stereocenters. The molecule has 1 atom stereocenters. The van der Waals surface area contributed by atoms with E-state index in [1.807, 2.05) is 36.1 Å². The fourth-order valence-corrected chi connectivity index (χ4v) is 3.40. The van der Waals surface area contributed by atoms with E-state index in [-0.39, 0.29) is 11.9 Å². The van der Waals surface area contributed by atoms with Crippen LogP contribution in [0.15, 0.2) is 29.3 Å². The number of imidazole rings is 1. The van der Waals surface area contributed by atoms with Crippen LogP contribution >= 0.6 is 0 Å². The quantitative estimate of drug-likeness (QED) is 0.396. The molecule has 7 nitrogen and oxygen atoms in total. The van der Waals surface area contributed by atoms with Crippen LogP contribution in [0.3, 0.4) is 0 Å². The zero-order valence-electron chi connectivity index (χ0n) is 16.3. The van der Waals surface area contributed by atoms with Crippen LogP contribution in [0.2, 0.25) is 0 Å². The molecule has 1 amide bonds. The predicted molar refractivity (Wildman–Crippen MR) is 109 cm³/mol. The maximum absolute atomic E-state index is 11.8. The number of hydrogen-bond acceptors (Lipinski definition) is 3. The third-order valence-electron chi connectivity index (χ3n) is 4.81. The Kier molecular flexibility index (Phi) is 6.68. The standard InChI is InChI=1S/C20H30N6O/c1-3-19(27)26-13-11-15(14-26)23-20(21-4-2)22-12-7-10-18-24-16-8-5-6-9-17(16)25-18/h5-6,8-9,15H,3-4,7,10-14H2,1-2H3,(H,24,25)(H2,21,22,23). The zero-order valence-corrected chi connectivity index (χ0v) is 16.3. The first-order valence-electron chi connectivity index (χ1n) is 9.95. The Morgan fingerprint density at radius 3 is 3.00 bits per heavy atom. The van der Waals surface area contributed by atoms with E-state index >= 15 is 0 Å². The van der Waals surface area contributed by atoms with Crippen molar-refractivity contribution in [1.82, 2.24) is 25.5 Å². The molecule has 1 aromatic heterocycles. The number of para-hydroxylation sites is 2. The van der Waals surface area contributed by atoms with E-state index in [2.05, 4.69) is 32.5 Å². The molecule has 1 saturated heterocycles. The lowest BCUT2D eigenvalue weighted by molar-refractivity contribution is -0.129. The predicted octanol–water partition coefficient (Wildman–Crippen LogP) is 2.06. The van der Waals surface area contributed by atoms with E-state index in [1.54, 1.807) is 0 Å². The molecule has 27 heavy (non-hydrogen) atoms. The number of carbonyl (C=O) groups excluding carboxylic acids is 1. The highest BCUT2D eigenvalue weighted by Gasteiger charge is 2.25. The van der Waals surface area contributed by atoms with Gasteiger partial charge in [0.15, 0.2) is 5.96 Å². The molecule has 1 aliphatic heterocycles. The summed E-state index contributed by atoms with van der Waals surface area (Å²) >= 11 is 0. The van der Waals surface area contributed by atoms with Gasteiger partial charge in [-0.3, -0.25) is 9.79 Å². The Morgan fingerprint density at radius 2 is 2.22 bits per heavy atom. The summed E-state index contributed by atoms with van der Waals surface area (Å²) in [7, 11) is 0. The molecule has 1 aromatic carbocycles. The van der Waals surface area contributed by atoms with Gasteiger partial charge in [-0.2, -0.15) is 0 Å². The van der Waals surface area contributed by atoms with Gasteiger partial charge in [-0.1, -0.05) is 19.1 Å². The number of guanidine groups is 1. The number of aliphatic imine (C=N–C) groups is 1. The monoisotopic (exact) mass is 370 g/mol. The first kappa shape index (κ1) is 19.2. The van der Waals surface area contributed by atoms with Crippen LogP contribution in [0, 0.1) is 0 Å². The Balaban J connectivity index is 1.48. The van der Waals surface area contributed by atoms with Crippen molar-refractivity contribution in [3.05, 3.63) is 30.1 Å². The smallest absolute Gasteiger partial charge is 0.222 e. The van der Waals surface area contributed by atoms with Crippen molar-refractivity contribution in [3.8, 4) is 0 Å². The van der Waals surface area contributed by atoms with Gasteiger partial charge >= 0.3 is 0 Å². The van der Waals surface area contributed by atoms with Crippen molar-refractivity contribution in [2.24, 2.45) is 4.99 Å². The second-order valence-corrected chi connectivity index (χ2v) is 6.89. The van der Waals surface area contributed by atoms with Crippen LogP contribution in [0.5, 0.6) is 0 Å². The molecule has 0 saturated carbocycles. The molecule has 7 heteroatoms. The minimum atomic E-state index is 0.229. The molecule has 1 fully saturated rings. The van der Waals surface area contributed by atoms with E-state index in [1.165, 1.54) is 0 Å². The maximum atomic E-state index is 11.8. The van der Waals surface area contributed by atoms with Crippen molar-refractivity contribution >= 4 is 22.9 Å². The van der Waals surface area contributed by atoms with Gasteiger partial charge in [-0.25, -0.2) is 4.98 Å². The van der Waals surface area contributed by atoms with E-state index < -0.39 is 0 Å². The van der Waals surface area contributed by atoms with Crippen molar-refractivity contribution in [1.29, 1.82) is 0 Å². The number of aromatic nitrogens is 2. The molecular formula is C20H30N6O. The van der Waals surface area contributed by atoms with E-state index in [9.17, 15) is 4.79 Å². The van der Waals surface area contributed by atoms with Gasteiger partial charge in [0, 0.05) is 45.1 Å². The molecule has 2 aromatic rings. The largest absolute Gasteiger partial charge is 0.357 e. The first-order valence-corrected chi connectivity index (χ1v) is 9.95. The number of fused-ring (bicyclic) bond motifs is 1. The lowest BCUT2D eigenvalue weighted by atomic mass is 10.3. The van der Waals surface area contributed by atoms with Crippen molar-refractivity contribution in [2.75, 3.05) is 26.2 Å². The Morgan fingerprint density at radius 1 is 1.37 bits per heavy atom. The maximum Gasteiger partial charge on any atom is 0.222 e. The van der Waals surface area contributed by atoms with Crippen molar-refractivity contribution < 1.29 is 4.79 Å². The van der Waals surface area contributed by atoms with Crippen LogP contribution in [0.25, 0.3) is 11.0 Å². The first-order chi connectivity index (χ1) is 13.2. The summed E-state index contributed by atoms with van der Waals surface area (Å²) in [5, 5.41) is 6.77. The molecule has 3 N–H and O–H groups in total. The highest BCUT2D eigenvalue weighted by Crippen LogP contribution is 2.12. The average molecular weight is 371 g/mol. The van der Waals surface area contributed by atoms with Gasteiger partial charge in [-0.05, 0) is 31.9 Å². The SMILES string of the molecule is CCNC(=NCCCc1nc2ccccc2[nH]1)NC1CCN(C(=O)CC)C1. The number of amides is 1. The molecule has 0 radical (unpaired) electrons. The number of H-pyrrole nitrogens is 1. The number of carbonyl (C=O) groups is 1. The summed E-state index contributed by atoms with van der Waals surface area (Å²) < 4.78 is 0. The fourth-order valence-electron chi connectivity index (χ4n) is 3.40. The Bertz CT molecular complexity index is 751. The van der Waals surface area contributed by atoms with Crippen LogP contribution in [-0.4, -0.2) is 59.0 Å². The van der Waals surface area contributed by atoms with Crippen LogP contribution < -0.4 is 10.6 Å². The minimum Gasteiger partial charge on any atom is -0.357 e. The van der Waals surface area contributed by atoms with Crippen LogP contribution in [0.1, 0.15) is 38.9 Å². The van der Waals surface area contributed by atoms with Gasteiger partial charge in [0.1, 0.15) is 5.82 Å². The number of benzene rings is 1. The summed E-state index contributed by atoms with van der Waals surface area (Å²) in [4.78, 5) is 26.4. The Labute approximate surface area is 160 Å². The molecule has 0 spiro atoms. The zero-order chi connectivity index (χ0) is 19.1. The number of likely N-dealkylation sites (tertiary alicyclic amines) is 1. The third-order valence-corrected chi connectivity index (χ3v) is 4.81. The molecule has 2 heterocycles. The van der Waals surface area contributed by atoms with Gasteiger partial charge in [0.2, 0.25) is 5.91 Å². The van der Waals surface area contributed by atoms with E-state index in [0.717, 1.165) is 68.3 Å². The summed E-state index contributed by atoms with van der Waals surface area (Å²) in [5.41, 5.74) is 2.09. The highest BCUT2D eigenvalue weighted by atomic mass is 16.2. The van der Waals surface area contributed by atoms with Crippen LogP contribution in [-0.2, 0) is 11.2 Å². The van der Waals surface area contributed by atoms with E-state index in [4.69, 9.17) is 0 Å². The average Bonchev–Trinajstić information content (AvgIpc) is 3.31. The van der Waals surface area contributed by atoms with Crippen LogP contribution in [0.4, 0.5) is 0 Å². The normalized spacial score (nSPS) is 17.5. The minimum absolute atomic E-state index is 0.229. The summed E-state index contributed by atoms with van der Waals surface area (Å²) in [6, 6.07) is 8.36. The number of nitrogens with zero attached hydrogens (tertiary/aromatic N) is 3. The van der Waals surface area contributed by atoms with Gasteiger partial charge in [-0.15, -0.1) is 0 Å².